The minimum atomic E-state index is -0.672. The van der Waals surface area contributed by atoms with Crippen molar-refractivity contribution in [1.29, 1.82) is 0 Å². The summed E-state index contributed by atoms with van der Waals surface area (Å²) in [6, 6.07) is 11.4. The van der Waals surface area contributed by atoms with E-state index in [4.69, 9.17) is 0 Å². The summed E-state index contributed by atoms with van der Waals surface area (Å²) in [6.07, 6.45) is 5.50. The lowest BCUT2D eigenvalue weighted by atomic mass is 10.1. The molecule has 0 radical (unpaired) electrons. The predicted octanol–water partition coefficient (Wildman–Crippen LogP) is 2.89. The topological polar surface area (TPSA) is 113 Å². The number of carbonyl (C=O) groups excluding carboxylic acids is 1. The molecule has 0 aliphatic rings. The van der Waals surface area contributed by atoms with Crippen LogP contribution in [0.3, 0.4) is 0 Å². The number of phenols is 2. The van der Waals surface area contributed by atoms with Gasteiger partial charge in [-0.15, -0.1) is 0 Å². The van der Waals surface area contributed by atoms with Crippen LogP contribution >= 0.6 is 0 Å². The van der Waals surface area contributed by atoms with E-state index in [9.17, 15) is 25.1 Å². The summed E-state index contributed by atoms with van der Waals surface area (Å²) in [7, 11) is 0. The van der Waals surface area contributed by atoms with Crippen molar-refractivity contribution in [2.45, 2.75) is 6.54 Å². The maximum atomic E-state index is 11.7. The van der Waals surface area contributed by atoms with Crippen LogP contribution in [0.2, 0.25) is 0 Å². The fourth-order valence-electron chi connectivity index (χ4n) is 2.02. The molecule has 0 aliphatic heterocycles. The Kier molecular flexibility index (Phi) is 5.89. The average molecular weight is 340 g/mol. The zero-order valence-electron chi connectivity index (χ0n) is 13.1. The van der Waals surface area contributed by atoms with Crippen LogP contribution in [0, 0.1) is 10.1 Å². The molecule has 25 heavy (non-hydrogen) atoms. The summed E-state index contributed by atoms with van der Waals surface area (Å²) in [5.41, 5.74) is 0.720. The Morgan fingerprint density at radius 3 is 2.48 bits per heavy atom. The molecule has 0 saturated heterocycles. The number of benzene rings is 2. The van der Waals surface area contributed by atoms with E-state index in [1.807, 2.05) is 30.3 Å². The smallest absolute Gasteiger partial charge is 0.280 e. The van der Waals surface area contributed by atoms with Crippen molar-refractivity contribution in [3.8, 4) is 11.5 Å². The van der Waals surface area contributed by atoms with Gasteiger partial charge in [-0.3, -0.25) is 14.9 Å². The number of allylic oxidation sites excluding steroid dienone is 2. The number of amides is 1. The molecule has 0 atom stereocenters. The van der Waals surface area contributed by atoms with E-state index in [-0.39, 0.29) is 17.2 Å². The largest absolute Gasteiger partial charge is 0.504 e. The summed E-state index contributed by atoms with van der Waals surface area (Å²) < 4.78 is 0. The summed E-state index contributed by atoms with van der Waals surface area (Å²) >= 11 is 0. The highest BCUT2D eigenvalue weighted by molar-refractivity contribution is 5.87. The molecule has 0 unspecified atom stereocenters. The molecule has 0 heterocycles. The molecule has 3 N–H and O–H groups in total. The Morgan fingerprint density at radius 1 is 1.12 bits per heavy atom. The Bertz CT molecular complexity index is 829. The normalized spacial score (nSPS) is 11.0. The van der Waals surface area contributed by atoms with Crippen molar-refractivity contribution in [3.63, 3.8) is 0 Å². The Morgan fingerprint density at radius 2 is 1.80 bits per heavy atom. The van der Waals surface area contributed by atoms with E-state index in [1.54, 1.807) is 0 Å². The Balaban J connectivity index is 1.98. The molecule has 0 bridgehead atoms. The van der Waals surface area contributed by atoms with E-state index in [0.717, 1.165) is 17.7 Å². The van der Waals surface area contributed by atoms with Crippen LogP contribution in [0.4, 0.5) is 5.69 Å². The molecule has 0 saturated carbocycles. The third-order valence-corrected chi connectivity index (χ3v) is 3.26. The van der Waals surface area contributed by atoms with Crippen LogP contribution in [0.1, 0.15) is 11.1 Å². The standard InChI is InChI=1S/C18H16N2O5/c21-16-10-14(15(20(24)25)11-17(16)22)8-4-5-9-18(23)19-12-13-6-2-1-3-7-13/h1-11,21-22H,12H2,(H,19,23)/b8-4+,9-5+. The molecular weight excluding hydrogens is 324 g/mol. The van der Waals surface area contributed by atoms with Gasteiger partial charge in [0.15, 0.2) is 11.5 Å². The van der Waals surface area contributed by atoms with Gasteiger partial charge < -0.3 is 15.5 Å². The highest BCUT2D eigenvalue weighted by atomic mass is 16.6. The fourth-order valence-corrected chi connectivity index (χ4v) is 2.02. The second-order valence-electron chi connectivity index (χ2n) is 5.08. The molecule has 2 aromatic carbocycles. The summed E-state index contributed by atoms with van der Waals surface area (Å²) in [5.74, 6) is -1.34. The third kappa shape index (κ3) is 5.21. The van der Waals surface area contributed by atoms with Crippen LogP contribution in [0.25, 0.3) is 6.08 Å². The van der Waals surface area contributed by atoms with Crippen LogP contribution in [-0.2, 0) is 11.3 Å². The summed E-state index contributed by atoms with van der Waals surface area (Å²) in [4.78, 5) is 22.0. The van der Waals surface area contributed by atoms with Gasteiger partial charge in [-0.05, 0) is 17.7 Å². The Labute approximate surface area is 143 Å². The predicted molar refractivity (Wildman–Crippen MR) is 92.9 cm³/mol. The van der Waals surface area contributed by atoms with Gasteiger partial charge in [0.25, 0.3) is 5.69 Å². The molecule has 1 amide bonds. The van der Waals surface area contributed by atoms with Crippen molar-refractivity contribution in [2.75, 3.05) is 0 Å². The molecule has 0 aliphatic carbocycles. The van der Waals surface area contributed by atoms with Crippen molar-refractivity contribution in [3.05, 3.63) is 81.9 Å². The molecule has 0 fully saturated rings. The first kappa shape index (κ1) is 17.7. The van der Waals surface area contributed by atoms with Crippen molar-refractivity contribution < 1.29 is 19.9 Å². The molecule has 0 aromatic heterocycles. The number of nitro groups is 1. The third-order valence-electron chi connectivity index (χ3n) is 3.26. The number of nitrogens with one attached hydrogen (secondary N) is 1. The van der Waals surface area contributed by atoms with Gasteiger partial charge >= 0.3 is 0 Å². The fraction of sp³-hybridized carbons (Fsp3) is 0.0556. The molecule has 0 spiro atoms. The van der Waals surface area contributed by atoms with E-state index in [2.05, 4.69) is 5.32 Å². The van der Waals surface area contributed by atoms with Crippen LogP contribution in [-0.4, -0.2) is 21.0 Å². The number of nitro benzene ring substituents is 1. The van der Waals surface area contributed by atoms with Gasteiger partial charge in [0.2, 0.25) is 5.91 Å². The van der Waals surface area contributed by atoms with E-state index >= 15 is 0 Å². The minimum absolute atomic E-state index is 0.106. The monoisotopic (exact) mass is 340 g/mol. The van der Waals surface area contributed by atoms with Crippen LogP contribution in [0.5, 0.6) is 11.5 Å². The van der Waals surface area contributed by atoms with Crippen molar-refractivity contribution in [2.24, 2.45) is 0 Å². The lowest BCUT2D eigenvalue weighted by molar-refractivity contribution is -0.385. The maximum Gasteiger partial charge on any atom is 0.280 e. The Hall–Kier alpha value is -3.61. The first-order valence-electron chi connectivity index (χ1n) is 7.34. The van der Waals surface area contributed by atoms with Gasteiger partial charge in [-0.2, -0.15) is 0 Å². The number of carbonyl (C=O) groups is 1. The van der Waals surface area contributed by atoms with Crippen molar-refractivity contribution in [1.82, 2.24) is 5.32 Å². The average Bonchev–Trinajstić information content (AvgIpc) is 2.60. The highest BCUT2D eigenvalue weighted by Gasteiger charge is 2.15. The molecule has 7 heteroatoms. The minimum Gasteiger partial charge on any atom is -0.504 e. The lowest BCUT2D eigenvalue weighted by Gasteiger charge is -2.01. The van der Waals surface area contributed by atoms with Gasteiger partial charge in [-0.1, -0.05) is 42.5 Å². The first-order chi connectivity index (χ1) is 12.0. The number of nitrogens with zero attached hydrogens (tertiary/aromatic N) is 1. The number of phenolic OH excluding ortho intramolecular Hbond substituents is 2. The van der Waals surface area contributed by atoms with Gasteiger partial charge in [-0.25, -0.2) is 0 Å². The molecular formula is C18H16N2O5. The van der Waals surface area contributed by atoms with E-state index < -0.39 is 16.4 Å². The van der Waals surface area contributed by atoms with Gasteiger partial charge in [0.1, 0.15) is 0 Å². The number of hydrogen-bond acceptors (Lipinski definition) is 5. The second-order valence-corrected chi connectivity index (χ2v) is 5.08. The summed E-state index contributed by atoms with van der Waals surface area (Å²) in [6.45, 7) is 0.394. The summed E-state index contributed by atoms with van der Waals surface area (Å²) in [5, 5.41) is 32.4. The quantitative estimate of drug-likeness (QED) is 0.246. The zero-order chi connectivity index (χ0) is 18.2. The number of hydrogen-bond donors (Lipinski definition) is 3. The molecule has 128 valence electrons. The first-order valence-corrected chi connectivity index (χ1v) is 7.34. The zero-order valence-corrected chi connectivity index (χ0v) is 13.1. The van der Waals surface area contributed by atoms with Crippen LogP contribution in [0.15, 0.2) is 60.7 Å². The molecule has 2 rings (SSSR count). The number of rotatable bonds is 6. The van der Waals surface area contributed by atoms with Gasteiger partial charge in [0, 0.05) is 12.6 Å². The van der Waals surface area contributed by atoms with Crippen molar-refractivity contribution >= 4 is 17.7 Å². The molecule has 2 aromatic rings. The maximum absolute atomic E-state index is 11.7. The van der Waals surface area contributed by atoms with Gasteiger partial charge in [0.05, 0.1) is 16.6 Å². The van der Waals surface area contributed by atoms with E-state index in [1.165, 1.54) is 24.3 Å². The molecule has 7 nitrogen and oxygen atoms in total. The SMILES string of the molecule is O=C(/C=C/C=C/c1cc(O)c(O)cc1[N+](=O)[O-])NCc1ccccc1. The highest BCUT2D eigenvalue weighted by Crippen LogP contribution is 2.33. The second kappa shape index (κ2) is 8.30. The van der Waals surface area contributed by atoms with E-state index in [0.29, 0.717) is 6.54 Å². The van der Waals surface area contributed by atoms with Crippen LogP contribution < -0.4 is 5.32 Å². The number of aromatic hydroxyl groups is 2. The lowest BCUT2D eigenvalue weighted by Crippen LogP contribution is -2.20.